The summed E-state index contributed by atoms with van der Waals surface area (Å²) in [5.41, 5.74) is 1.17. The van der Waals surface area contributed by atoms with E-state index in [0.717, 1.165) is 11.1 Å². The molecule has 0 saturated carbocycles. The standard InChI is InChI=1S/C27H36N2O4Si/c1-18-13-12-16-20-22(29(5)6)23-21(24(30)27(18,20)33-34(7,8)26(2,3)4)25(28-32-23)31-17-19-14-10-9-11-15-19/h9-16,20,22H,17H2,1-8H3/t20-,22-,27+/m0/s1. The lowest BCUT2D eigenvalue weighted by atomic mass is 9.65. The van der Waals surface area contributed by atoms with E-state index in [2.05, 4.69) is 50.0 Å². The molecule has 2 aliphatic rings. The Hall–Kier alpha value is -2.48. The van der Waals surface area contributed by atoms with Crippen LogP contribution >= 0.6 is 0 Å². The quantitative estimate of drug-likeness (QED) is 0.476. The van der Waals surface area contributed by atoms with E-state index in [1.807, 2.05) is 63.5 Å². The van der Waals surface area contributed by atoms with Crippen molar-refractivity contribution in [3.05, 3.63) is 71.0 Å². The Morgan fingerprint density at radius 2 is 1.85 bits per heavy atom. The fourth-order valence-corrected chi connectivity index (χ4v) is 6.18. The molecule has 3 atom stereocenters. The molecule has 7 heteroatoms. The summed E-state index contributed by atoms with van der Waals surface area (Å²) in [6, 6.07) is 9.61. The molecule has 1 aromatic heterocycles. The first kappa shape index (κ1) is 24.6. The van der Waals surface area contributed by atoms with Gasteiger partial charge in [-0.1, -0.05) is 69.3 Å². The third kappa shape index (κ3) is 3.89. The summed E-state index contributed by atoms with van der Waals surface area (Å²) >= 11 is 0. The highest BCUT2D eigenvalue weighted by molar-refractivity contribution is 6.74. The SMILES string of the molecule is CC1=CC=C[C@H]2[C@H](N(C)C)c3onc(OCc4ccccc4)c3C(=O)[C@@]12O[Si](C)(C)C(C)(C)C. The van der Waals surface area contributed by atoms with E-state index >= 15 is 0 Å². The molecule has 2 aromatic rings. The van der Waals surface area contributed by atoms with Crippen LogP contribution in [0.3, 0.4) is 0 Å². The number of nitrogens with zero attached hydrogens (tertiary/aromatic N) is 2. The third-order valence-corrected chi connectivity index (χ3v) is 12.0. The van der Waals surface area contributed by atoms with Crippen LogP contribution in [-0.2, 0) is 11.0 Å². The first-order chi connectivity index (χ1) is 15.9. The van der Waals surface area contributed by atoms with Gasteiger partial charge in [0.1, 0.15) is 17.8 Å². The predicted molar refractivity (Wildman–Crippen MR) is 135 cm³/mol. The number of aromatic nitrogens is 1. The molecular formula is C27H36N2O4Si. The summed E-state index contributed by atoms with van der Waals surface area (Å²) < 4.78 is 19.0. The lowest BCUT2D eigenvalue weighted by Gasteiger charge is -2.52. The molecule has 0 amide bonds. The zero-order valence-corrected chi connectivity index (χ0v) is 22.5. The molecule has 34 heavy (non-hydrogen) atoms. The number of carbonyl (C=O) groups excluding carboxylic acids is 1. The molecule has 182 valence electrons. The van der Waals surface area contributed by atoms with Gasteiger partial charge in [-0.25, -0.2) is 0 Å². The van der Waals surface area contributed by atoms with E-state index in [-0.39, 0.29) is 28.7 Å². The lowest BCUT2D eigenvalue weighted by molar-refractivity contribution is 0.00337. The van der Waals surface area contributed by atoms with Crippen LogP contribution in [0, 0.1) is 5.92 Å². The molecule has 0 N–H and O–H groups in total. The molecule has 1 aromatic carbocycles. The zero-order valence-electron chi connectivity index (χ0n) is 21.5. The van der Waals surface area contributed by atoms with E-state index in [1.54, 1.807) is 0 Å². The number of fused-ring (bicyclic) bond motifs is 2. The van der Waals surface area contributed by atoms with Crippen LogP contribution in [0.1, 0.15) is 55.4 Å². The van der Waals surface area contributed by atoms with Crippen LogP contribution in [0.25, 0.3) is 0 Å². The molecule has 0 unspecified atom stereocenters. The minimum atomic E-state index is -2.35. The maximum Gasteiger partial charge on any atom is 0.265 e. The number of allylic oxidation sites excluding steroid dienone is 2. The summed E-state index contributed by atoms with van der Waals surface area (Å²) in [6.07, 6.45) is 6.10. The molecule has 4 rings (SSSR count). The molecular weight excluding hydrogens is 444 g/mol. The number of ether oxygens (including phenoxy) is 1. The predicted octanol–water partition coefficient (Wildman–Crippen LogP) is 5.95. The lowest BCUT2D eigenvalue weighted by Crippen LogP contribution is -2.62. The maximum absolute atomic E-state index is 14.5. The minimum Gasteiger partial charge on any atom is -0.470 e. The van der Waals surface area contributed by atoms with Gasteiger partial charge in [-0.15, -0.1) is 0 Å². The van der Waals surface area contributed by atoms with Gasteiger partial charge in [0.15, 0.2) is 14.1 Å². The maximum atomic E-state index is 14.5. The van der Waals surface area contributed by atoms with Crippen LogP contribution < -0.4 is 4.74 Å². The second kappa shape index (κ2) is 8.63. The number of rotatable bonds is 6. The summed E-state index contributed by atoms with van der Waals surface area (Å²) in [7, 11) is 1.64. The van der Waals surface area contributed by atoms with Crippen molar-refractivity contribution >= 4 is 14.1 Å². The molecule has 2 aliphatic carbocycles. The second-order valence-electron chi connectivity index (χ2n) is 11.1. The minimum absolute atomic E-state index is 0.0663. The normalized spacial score (nSPS) is 24.6. The fourth-order valence-electron chi connectivity index (χ4n) is 4.68. The van der Waals surface area contributed by atoms with Gasteiger partial charge in [-0.05, 0) is 55.4 Å². The Labute approximate surface area is 203 Å². The molecule has 0 spiro atoms. The number of ketones is 1. The average molecular weight is 481 g/mol. The summed E-state index contributed by atoms with van der Waals surface area (Å²) in [5.74, 6) is 0.404. The van der Waals surface area contributed by atoms with Gasteiger partial charge in [0.25, 0.3) is 5.88 Å². The van der Waals surface area contributed by atoms with E-state index < -0.39 is 13.9 Å². The van der Waals surface area contributed by atoms with Crippen LogP contribution in [-0.4, -0.2) is 43.9 Å². The van der Waals surface area contributed by atoms with E-state index in [0.29, 0.717) is 17.9 Å². The molecule has 0 bridgehead atoms. The molecule has 1 heterocycles. The summed E-state index contributed by atoms with van der Waals surface area (Å²) in [5, 5.41) is 4.16. The summed E-state index contributed by atoms with van der Waals surface area (Å²) in [4.78, 5) is 16.6. The van der Waals surface area contributed by atoms with Crippen molar-refractivity contribution in [2.75, 3.05) is 14.1 Å². The number of benzene rings is 1. The van der Waals surface area contributed by atoms with E-state index in [9.17, 15) is 4.79 Å². The van der Waals surface area contributed by atoms with Gasteiger partial charge in [0, 0.05) is 5.92 Å². The van der Waals surface area contributed by atoms with Gasteiger partial charge < -0.3 is 13.7 Å². The topological polar surface area (TPSA) is 64.8 Å². The number of Topliss-reactive ketones (excluding diaryl/α,β-unsaturated/α-hetero) is 1. The highest BCUT2D eigenvalue weighted by Crippen LogP contribution is 2.54. The Bertz CT molecular complexity index is 1130. The number of hydrogen-bond donors (Lipinski definition) is 0. The highest BCUT2D eigenvalue weighted by Gasteiger charge is 2.62. The van der Waals surface area contributed by atoms with Crippen molar-refractivity contribution in [1.82, 2.24) is 10.1 Å². The van der Waals surface area contributed by atoms with Crippen LogP contribution in [0.15, 0.2) is 58.7 Å². The molecule has 6 nitrogen and oxygen atoms in total. The Morgan fingerprint density at radius 1 is 1.18 bits per heavy atom. The van der Waals surface area contributed by atoms with Crippen molar-refractivity contribution in [3.63, 3.8) is 0 Å². The second-order valence-corrected chi connectivity index (χ2v) is 15.8. The van der Waals surface area contributed by atoms with E-state index in [4.69, 9.17) is 13.7 Å². The molecule has 0 fully saturated rings. The van der Waals surface area contributed by atoms with Crippen molar-refractivity contribution in [3.8, 4) is 5.88 Å². The average Bonchev–Trinajstić information content (AvgIpc) is 3.17. The third-order valence-electron chi connectivity index (χ3n) is 7.58. The first-order valence-electron chi connectivity index (χ1n) is 11.8. The van der Waals surface area contributed by atoms with Gasteiger partial charge in [-0.2, -0.15) is 0 Å². The Kier molecular flexibility index (Phi) is 6.25. The van der Waals surface area contributed by atoms with Gasteiger partial charge >= 0.3 is 0 Å². The van der Waals surface area contributed by atoms with Crippen molar-refractivity contribution < 1.29 is 18.5 Å². The number of hydrogen-bond acceptors (Lipinski definition) is 6. The van der Waals surface area contributed by atoms with Crippen LogP contribution in [0.4, 0.5) is 0 Å². The van der Waals surface area contributed by atoms with E-state index in [1.165, 1.54) is 0 Å². The largest absolute Gasteiger partial charge is 0.470 e. The van der Waals surface area contributed by atoms with Crippen LogP contribution in [0.2, 0.25) is 18.1 Å². The Morgan fingerprint density at radius 3 is 2.47 bits per heavy atom. The monoisotopic (exact) mass is 480 g/mol. The van der Waals surface area contributed by atoms with Crippen molar-refractivity contribution in [2.45, 2.75) is 64.1 Å². The molecule has 0 aliphatic heterocycles. The zero-order chi connectivity index (χ0) is 24.9. The number of carbonyl (C=O) groups is 1. The molecule has 0 radical (unpaired) electrons. The van der Waals surface area contributed by atoms with Crippen molar-refractivity contribution in [2.24, 2.45) is 5.92 Å². The fraction of sp³-hybridized carbons (Fsp3) is 0.481. The van der Waals surface area contributed by atoms with Crippen LogP contribution in [0.5, 0.6) is 5.88 Å². The summed E-state index contributed by atoms with van der Waals surface area (Å²) in [6.45, 7) is 13.3. The van der Waals surface area contributed by atoms with Gasteiger partial charge in [-0.3, -0.25) is 9.69 Å². The smallest absolute Gasteiger partial charge is 0.265 e. The first-order valence-corrected chi connectivity index (χ1v) is 14.7. The Balaban J connectivity index is 1.85. The molecule has 0 saturated heterocycles. The highest BCUT2D eigenvalue weighted by atomic mass is 28.4. The van der Waals surface area contributed by atoms with Crippen molar-refractivity contribution in [1.29, 1.82) is 0 Å². The van der Waals surface area contributed by atoms with Gasteiger partial charge in [0.2, 0.25) is 5.78 Å². The van der Waals surface area contributed by atoms with Gasteiger partial charge in [0.05, 0.1) is 6.04 Å².